The highest BCUT2D eigenvalue weighted by molar-refractivity contribution is 5.67. The Bertz CT molecular complexity index is 211. The standard InChI is InChI=1S/C6H12O3.C6H14O2/c1-6(2,9-3)4-5(7)8;1-6(2,8-3)4-5-7/h4H2,1-3H3,(H,7,8);7H,4-5H2,1-3H3. The average molecular weight is 250 g/mol. The number of carboxylic acids is 1. The van der Waals surface area contributed by atoms with Crippen molar-refractivity contribution in [3.05, 3.63) is 0 Å². The van der Waals surface area contributed by atoms with Crippen molar-refractivity contribution in [1.29, 1.82) is 0 Å². The molecule has 0 aromatic rings. The van der Waals surface area contributed by atoms with Gasteiger partial charge in [-0.25, -0.2) is 0 Å². The number of hydrogen-bond donors (Lipinski definition) is 2. The maximum absolute atomic E-state index is 10.1. The fourth-order valence-electron chi connectivity index (χ4n) is 0.808. The number of hydrogen-bond acceptors (Lipinski definition) is 4. The fraction of sp³-hybridized carbons (Fsp3) is 0.917. The summed E-state index contributed by atoms with van der Waals surface area (Å²) in [4.78, 5) is 10.1. The summed E-state index contributed by atoms with van der Waals surface area (Å²) >= 11 is 0. The number of methoxy groups -OCH3 is 2. The summed E-state index contributed by atoms with van der Waals surface area (Å²) in [6, 6.07) is 0. The molecule has 0 aromatic carbocycles. The highest BCUT2D eigenvalue weighted by Gasteiger charge is 2.19. The third-order valence-electron chi connectivity index (χ3n) is 2.40. The molecule has 0 bridgehead atoms. The number of rotatable bonds is 6. The van der Waals surface area contributed by atoms with Crippen molar-refractivity contribution < 1.29 is 24.5 Å². The Labute approximate surface area is 104 Å². The molecular formula is C12H26O5. The number of aliphatic hydroxyl groups is 1. The molecule has 0 saturated carbocycles. The molecule has 5 heteroatoms. The van der Waals surface area contributed by atoms with Gasteiger partial charge in [-0.2, -0.15) is 0 Å². The summed E-state index contributed by atoms with van der Waals surface area (Å²) in [5, 5.41) is 16.8. The Kier molecular flexibility index (Phi) is 9.29. The van der Waals surface area contributed by atoms with Gasteiger partial charge >= 0.3 is 5.97 Å². The van der Waals surface area contributed by atoms with E-state index < -0.39 is 11.6 Å². The second-order valence-electron chi connectivity index (χ2n) is 4.97. The summed E-state index contributed by atoms with van der Waals surface area (Å²) in [6.45, 7) is 7.56. The van der Waals surface area contributed by atoms with Gasteiger partial charge in [0.1, 0.15) is 0 Å². The molecule has 0 aliphatic heterocycles. The van der Waals surface area contributed by atoms with E-state index in [1.54, 1.807) is 21.0 Å². The van der Waals surface area contributed by atoms with Gasteiger partial charge < -0.3 is 19.7 Å². The normalized spacial score (nSPS) is 11.7. The van der Waals surface area contributed by atoms with Crippen LogP contribution in [0.15, 0.2) is 0 Å². The molecule has 17 heavy (non-hydrogen) atoms. The van der Waals surface area contributed by atoms with Crippen LogP contribution in [0.25, 0.3) is 0 Å². The molecule has 0 fully saturated rings. The lowest BCUT2D eigenvalue weighted by Crippen LogP contribution is -2.25. The van der Waals surface area contributed by atoms with Crippen LogP contribution >= 0.6 is 0 Å². The second kappa shape index (κ2) is 8.44. The SMILES string of the molecule is COC(C)(C)CC(=O)O.COC(C)(C)CCO. The average Bonchev–Trinajstić information content (AvgIpc) is 2.17. The van der Waals surface area contributed by atoms with E-state index in [9.17, 15) is 4.79 Å². The summed E-state index contributed by atoms with van der Waals surface area (Å²) in [6.07, 6.45) is 0.743. The molecule has 0 radical (unpaired) electrons. The van der Waals surface area contributed by atoms with Crippen LogP contribution in [0.5, 0.6) is 0 Å². The van der Waals surface area contributed by atoms with Crippen molar-refractivity contribution in [2.24, 2.45) is 0 Å². The molecule has 5 nitrogen and oxygen atoms in total. The van der Waals surface area contributed by atoms with Crippen molar-refractivity contribution >= 4 is 5.97 Å². The van der Waals surface area contributed by atoms with E-state index >= 15 is 0 Å². The predicted molar refractivity (Wildman–Crippen MR) is 66.1 cm³/mol. The number of carbonyl (C=O) groups is 1. The van der Waals surface area contributed by atoms with E-state index in [0.29, 0.717) is 6.42 Å². The smallest absolute Gasteiger partial charge is 0.306 e. The van der Waals surface area contributed by atoms with Gasteiger partial charge in [0.2, 0.25) is 0 Å². The lowest BCUT2D eigenvalue weighted by atomic mass is 10.1. The van der Waals surface area contributed by atoms with Crippen LogP contribution in [0.2, 0.25) is 0 Å². The Morgan fingerprint density at radius 3 is 1.59 bits per heavy atom. The van der Waals surface area contributed by atoms with Gasteiger partial charge in [0.25, 0.3) is 0 Å². The fourth-order valence-corrected chi connectivity index (χ4v) is 0.808. The summed E-state index contributed by atoms with van der Waals surface area (Å²) in [5.74, 6) is -0.832. The van der Waals surface area contributed by atoms with E-state index in [0.717, 1.165) is 0 Å². The quantitative estimate of drug-likeness (QED) is 0.750. The molecule has 0 heterocycles. The molecule has 2 N–H and O–H groups in total. The molecule has 0 rings (SSSR count). The van der Waals surface area contributed by atoms with Gasteiger partial charge in [-0.1, -0.05) is 0 Å². The van der Waals surface area contributed by atoms with Crippen molar-refractivity contribution in [2.45, 2.75) is 51.7 Å². The second-order valence-corrected chi connectivity index (χ2v) is 4.97. The van der Waals surface area contributed by atoms with Crippen molar-refractivity contribution in [2.75, 3.05) is 20.8 Å². The summed E-state index contributed by atoms with van der Waals surface area (Å²) < 4.78 is 9.89. The van der Waals surface area contributed by atoms with Crippen molar-refractivity contribution in [1.82, 2.24) is 0 Å². The molecule has 0 aliphatic rings. The minimum absolute atomic E-state index is 0.0451. The van der Waals surface area contributed by atoms with Crippen LogP contribution in [-0.4, -0.2) is 48.2 Å². The molecule has 0 spiro atoms. The lowest BCUT2D eigenvalue weighted by Gasteiger charge is -2.20. The maximum Gasteiger partial charge on any atom is 0.306 e. The van der Waals surface area contributed by atoms with Crippen LogP contribution in [-0.2, 0) is 14.3 Å². The molecular weight excluding hydrogens is 224 g/mol. The van der Waals surface area contributed by atoms with Gasteiger partial charge in [-0.05, 0) is 34.1 Å². The van der Waals surface area contributed by atoms with E-state index in [4.69, 9.17) is 19.7 Å². The van der Waals surface area contributed by atoms with E-state index in [-0.39, 0.29) is 18.6 Å². The molecule has 104 valence electrons. The lowest BCUT2D eigenvalue weighted by molar-refractivity contribution is -0.142. The zero-order chi connectivity index (χ0) is 14.1. The maximum atomic E-state index is 10.1. The summed E-state index contributed by atoms with van der Waals surface area (Å²) in [7, 11) is 3.15. The van der Waals surface area contributed by atoms with Crippen LogP contribution in [0, 0.1) is 0 Å². The first-order chi connectivity index (χ1) is 7.60. The first kappa shape index (κ1) is 18.7. The van der Waals surface area contributed by atoms with Crippen molar-refractivity contribution in [3.63, 3.8) is 0 Å². The molecule has 0 unspecified atom stereocenters. The Morgan fingerprint density at radius 1 is 1.06 bits per heavy atom. The van der Waals surface area contributed by atoms with Gasteiger partial charge in [0.05, 0.1) is 17.6 Å². The Balaban J connectivity index is 0. The number of aliphatic hydroxyl groups excluding tert-OH is 1. The minimum atomic E-state index is -0.832. The first-order valence-corrected chi connectivity index (χ1v) is 5.53. The molecule has 0 saturated heterocycles. The van der Waals surface area contributed by atoms with Crippen LogP contribution in [0.3, 0.4) is 0 Å². The van der Waals surface area contributed by atoms with Crippen LogP contribution in [0.1, 0.15) is 40.5 Å². The number of aliphatic carboxylic acids is 1. The van der Waals surface area contributed by atoms with Gasteiger partial charge in [-0.3, -0.25) is 4.79 Å². The number of carboxylic acid groups (broad SMARTS) is 1. The highest BCUT2D eigenvalue weighted by Crippen LogP contribution is 2.11. The third-order valence-corrected chi connectivity index (χ3v) is 2.40. The zero-order valence-electron chi connectivity index (χ0n) is 11.7. The Morgan fingerprint density at radius 2 is 1.47 bits per heavy atom. The van der Waals surface area contributed by atoms with Crippen LogP contribution < -0.4 is 0 Å². The van der Waals surface area contributed by atoms with E-state index in [1.165, 1.54) is 7.11 Å². The largest absolute Gasteiger partial charge is 0.481 e. The minimum Gasteiger partial charge on any atom is -0.481 e. The molecule has 0 aromatic heterocycles. The third kappa shape index (κ3) is 13.3. The first-order valence-electron chi connectivity index (χ1n) is 5.53. The highest BCUT2D eigenvalue weighted by atomic mass is 16.5. The van der Waals surface area contributed by atoms with Gasteiger partial charge in [0, 0.05) is 20.8 Å². The molecule has 0 amide bonds. The van der Waals surface area contributed by atoms with Crippen molar-refractivity contribution in [3.8, 4) is 0 Å². The predicted octanol–water partition coefficient (Wildman–Crippen LogP) is 1.68. The topological polar surface area (TPSA) is 76.0 Å². The summed E-state index contributed by atoms with van der Waals surface area (Å²) in [5.41, 5.74) is -0.694. The monoisotopic (exact) mass is 250 g/mol. The van der Waals surface area contributed by atoms with Crippen LogP contribution in [0.4, 0.5) is 0 Å². The van der Waals surface area contributed by atoms with Gasteiger partial charge in [0.15, 0.2) is 0 Å². The van der Waals surface area contributed by atoms with E-state index in [1.807, 2.05) is 13.8 Å². The Hall–Kier alpha value is -0.650. The number of ether oxygens (including phenoxy) is 2. The zero-order valence-corrected chi connectivity index (χ0v) is 11.7. The van der Waals surface area contributed by atoms with Gasteiger partial charge in [-0.15, -0.1) is 0 Å². The molecule has 0 atom stereocenters. The molecule has 0 aliphatic carbocycles. The van der Waals surface area contributed by atoms with E-state index in [2.05, 4.69) is 0 Å².